The van der Waals surface area contributed by atoms with E-state index in [0.717, 1.165) is 11.1 Å². The summed E-state index contributed by atoms with van der Waals surface area (Å²) < 4.78 is 39.7. The van der Waals surface area contributed by atoms with Gasteiger partial charge in [-0.05, 0) is 36.6 Å². The van der Waals surface area contributed by atoms with Crippen molar-refractivity contribution in [3.63, 3.8) is 0 Å². The smallest absolute Gasteiger partial charge is 0.405 e. The molecule has 0 spiro atoms. The molecule has 14 heteroatoms. The van der Waals surface area contributed by atoms with E-state index in [1.807, 2.05) is 35.8 Å². The molecule has 0 radical (unpaired) electrons. The Kier molecular flexibility index (Phi) is 9.74. The van der Waals surface area contributed by atoms with Gasteiger partial charge in [-0.2, -0.15) is 0 Å². The van der Waals surface area contributed by atoms with Crippen LogP contribution in [-0.4, -0.2) is 56.0 Å². The fraction of sp³-hybridized carbons (Fsp3) is 0.370. The van der Waals surface area contributed by atoms with E-state index in [0.29, 0.717) is 47.2 Å². The molecule has 5 rings (SSSR count). The SMILES string of the molecule is COc1cccc(OP(=O)(CO[C@H](C)Cn2cnc3c(N)ncnc32)OC2CSSC(c3ccccc3CO)C2)c1. The van der Waals surface area contributed by atoms with Gasteiger partial charge in [0.15, 0.2) is 17.8 Å². The van der Waals surface area contributed by atoms with Gasteiger partial charge in [-0.3, -0.25) is 4.52 Å². The number of imidazole rings is 1. The number of aliphatic hydroxyl groups excluding tert-OH is 1. The third-order valence-electron chi connectivity index (χ3n) is 6.48. The standard InChI is InChI=1S/C27H32N5O6PS2/c1-18(12-32-16-31-25-26(28)29-15-30-27(25)32)36-17-39(34,37-21-8-5-7-20(10-21)35-2)38-22-11-24(41-40-14-22)23-9-4-3-6-19(23)13-33/h3-10,15-16,18,22,24,33H,11-14,17H2,1-2H3,(H2,28,29,30)/t18-,22?,24?,39?/m1/s1. The summed E-state index contributed by atoms with van der Waals surface area (Å²) in [7, 11) is 1.13. The van der Waals surface area contributed by atoms with E-state index in [9.17, 15) is 9.67 Å². The molecule has 0 saturated carbocycles. The minimum atomic E-state index is -3.80. The van der Waals surface area contributed by atoms with Gasteiger partial charge in [0.1, 0.15) is 23.3 Å². The van der Waals surface area contributed by atoms with Crippen molar-refractivity contribution >= 4 is 46.2 Å². The first-order valence-corrected chi connectivity index (χ1v) is 17.1. The molecule has 1 fully saturated rings. The lowest BCUT2D eigenvalue weighted by Crippen LogP contribution is -2.24. The highest BCUT2D eigenvalue weighted by atomic mass is 33.1. The Hall–Kier alpha value is -2.80. The second-order valence-corrected chi connectivity index (χ2v) is 14.0. The van der Waals surface area contributed by atoms with Crippen molar-refractivity contribution in [1.82, 2.24) is 19.5 Å². The van der Waals surface area contributed by atoms with Gasteiger partial charge in [-0.1, -0.05) is 51.9 Å². The maximum atomic E-state index is 14.3. The highest BCUT2D eigenvalue weighted by molar-refractivity contribution is 8.76. The molecular formula is C27H32N5O6PS2. The van der Waals surface area contributed by atoms with E-state index in [-0.39, 0.29) is 30.4 Å². The van der Waals surface area contributed by atoms with Gasteiger partial charge in [-0.15, -0.1) is 0 Å². The van der Waals surface area contributed by atoms with Gasteiger partial charge in [0.2, 0.25) is 0 Å². The molecule has 2 aromatic heterocycles. The molecule has 218 valence electrons. The van der Waals surface area contributed by atoms with Crippen molar-refractivity contribution in [3.8, 4) is 11.5 Å². The van der Waals surface area contributed by atoms with E-state index in [2.05, 4.69) is 15.0 Å². The Balaban J connectivity index is 1.31. The number of fused-ring (bicyclic) bond motifs is 1. The van der Waals surface area contributed by atoms with Crippen LogP contribution in [0.5, 0.6) is 11.5 Å². The summed E-state index contributed by atoms with van der Waals surface area (Å²) in [5.74, 6) is 1.86. The number of rotatable bonds is 12. The van der Waals surface area contributed by atoms with E-state index < -0.39 is 7.60 Å². The molecule has 2 aromatic carbocycles. The highest BCUT2D eigenvalue weighted by Crippen LogP contribution is 2.55. The second-order valence-electron chi connectivity index (χ2n) is 9.51. The predicted molar refractivity (Wildman–Crippen MR) is 161 cm³/mol. The van der Waals surface area contributed by atoms with E-state index in [1.165, 1.54) is 6.33 Å². The fourth-order valence-corrected chi connectivity index (χ4v) is 9.19. The van der Waals surface area contributed by atoms with Gasteiger partial charge in [0.05, 0.1) is 38.8 Å². The molecule has 0 aliphatic carbocycles. The molecule has 11 nitrogen and oxygen atoms in total. The number of aliphatic hydroxyl groups is 1. The van der Waals surface area contributed by atoms with E-state index >= 15 is 0 Å². The number of nitrogens with zero attached hydrogens (tertiary/aromatic N) is 4. The Morgan fingerprint density at radius 2 is 2.00 bits per heavy atom. The van der Waals surface area contributed by atoms with Crippen molar-refractivity contribution in [2.24, 2.45) is 0 Å². The molecule has 1 saturated heterocycles. The second kappa shape index (κ2) is 13.5. The van der Waals surface area contributed by atoms with Crippen LogP contribution in [0.4, 0.5) is 5.82 Å². The Labute approximate surface area is 246 Å². The minimum absolute atomic E-state index is 0.0442. The van der Waals surface area contributed by atoms with E-state index in [1.54, 1.807) is 59.3 Å². The van der Waals surface area contributed by atoms with Crippen molar-refractivity contribution in [1.29, 1.82) is 0 Å². The highest BCUT2D eigenvalue weighted by Gasteiger charge is 2.36. The maximum Gasteiger partial charge on any atom is 0.405 e. The van der Waals surface area contributed by atoms with Crippen molar-refractivity contribution < 1.29 is 28.2 Å². The van der Waals surface area contributed by atoms with Crippen LogP contribution in [0.15, 0.2) is 61.2 Å². The van der Waals surface area contributed by atoms with Gasteiger partial charge < -0.3 is 29.4 Å². The largest absolute Gasteiger partial charge is 0.497 e. The zero-order valence-corrected chi connectivity index (χ0v) is 25.2. The molecule has 3 heterocycles. The topological polar surface area (TPSA) is 144 Å². The fourth-order valence-electron chi connectivity index (χ4n) is 4.49. The van der Waals surface area contributed by atoms with Gasteiger partial charge in [-0.25, -0.2) is 19.5 Å². The van der Waals surface area contributed by atoms with Crippen LogP contribution < -0.4 is 15.0 Å². The minimum Gasteiger partial charge on any atom is -0.497 e. The lowest BCUT2D eigenvalue weighted by Gasteiger charge is -2.32. The quantitative estimate of drug-likeness (QED) is 0.154. The lowest BCUT2D eigenvalue weighted by atomic mass is 10.0. The maximum absolute atomic E-state index is 14.3. The van der Waals surface area contributed by atoms with Crippen molar-refractivity contribution in [2.45, 2.75) is 44.0 Å². The van der Waals surface area contributed by atoms with E-state index in [4.69, 9.17) is 24.3 Å². The summed E-state index contributed by atoms with van der Waals surface area (Å²) in [4.78, 5) is 12.5. The summed E-state index contributed by atoms with van der Waals surface area (Å²) >= 11 is 0. The molecular weight excluding hydrogens is 585 g/mol. The number of methoxy groups -OCH3 is 1. The van der Waals surface area contributed by atoms with Gasteiger partial charge in [0, 0.05) is 17.1 Å². The summed E-state index contributed by atoms with van der Waals surface area (Å²) in [6.45, 7) is 2.21. The van der Waals surface area contributed by atoms with Crippen LogP contribution in [0.25, 0.3) is 11.2 Å². The van der Waals surface area contributed by atoms with Crippen molar-refractivity contribution in [3.05, 3.63) is 72.3 Å². The first-order chi connectivity index (χ1) is 19.9. The van der Waals surface area contributed by atoms with Gasteiger partial charge >= 0.3 is 7.60 Å². The Bertz CT molecular complexity index is 1520. The summed E-state index contributed by atoms with van der Waals surface area (Å²) in [6.07, 6.45) is 2.62. The van der Waals surface area contributed by atoms with Gasteiger partial charge in [0.25, 0.3) is 0 Å². The number of aromatic nitrogens is 4. The predicted octanol–water partition coefficient (Wildman–Crippen LogP) is 5.46. The Morgan fingerprint density at radius 3 is 2.83 bits per heavy atom. The molecule has 4 atom stereocenters. The summed E-state index contributed by atoms with van der Waals surface area (Å²) in [6, 6.07) is 14.7. The summed E-state index contributed by atoms with van der Waals surface area (Å²) in [5.41, 5.74) is 8.93. The number of hydrogen-bond acceptors (Lipinski definition) is 12. The number of anilines is 1. The summed E-state index contributed by atoms with van der Waals surface area (Å²) in [5, 5.41) is 9.90. The van der Waals surface area contributed by atoms with Crippen LogP contribution in [-0.2, 0) is 27.0 Å². The van der Waals surface area contributed by atoms with Crippen molar-refractivity contribution in [2.75, 3.05) is 24.9 Å². The van der Waals surface area contributed by atoms with Crippen LogP contribution in [0.3, 0.4) is 0 Å². The molecule has 1 aliphatic rings. The lowest BCUT2D eigenvalue weighted by molar-refractivity contribution is 0.0672. The molecule has 1 aliphatic heterocycles. The number of hydrogen-bond donors (Lipinski definition) is 2. The molecule has 3 N–H and O–H groups in total. The van der Waals surface area contributed by atoms with Crippen LogP contribution in [0, 0.1) is 0 Å². The number of nitrogen functional groups attached to an aromatic ring is 1. The average molecular weight is 618 g/mol. The zero-order valence-electron chi connectivity index (χ0n) is 22.7. The monoisotopic (exact) mass is 617 g/mol. The molecule has 3 unspecified atom stereocenters. The first-order valence-electron chi connectivity index (χ1n) is 13.0. The normalized spacial score (nSPS) is 19.5. The first kappa shape index (κ1) is 29.7. The number of nitrogens with two attached hydrogens (primary N) is 1. The molecule has 41 heavy (non-hydrogen) atoms. The molecule has 0 amide bonds. The Morgan fingerprint density at radius 1 is 1.17 bits per heavy atom. The van der Waals surface area contributed by atoms with Crippen LogP contribution in [0.1, 0.15) is 29.7 Å². The van der Waals surface area contributed by atoms with Crippen LogP contribution >= 0.6 is 29.2 Å². The third kappa shape index (κ3) is 7.35. The number of ether oxygens (including phenoxy) is 2. The average Bonchev–Trinajstić information content (AvgIpc) is 3.40. The molecule has 0 bridgehead atoms. The third-order valence-corrected chi connectivity index (χ3v) is 10.9. The van der Waals surface area contributed by atoms with Crippen LogP contribution in [0.2, 0.25) is 0 Å². The number of benzene rings is 2. The molecule has 4 aromatic rings. The zero-order chi connectivity index (χ0) is 28.8.